The lowest BCUT2D eigenvalue weighted by atomic mass is 10.2. The molecule has 3 nitrogen and oxygen atoms in total. The highest BCUT2D eigenvalue weighted by atomic mass is 19.4. The van der Waals surface area contributed by atoms with Gasteiger partial charge in [-0.25, -0.2) is 4.98 Å². The van der Waals surface area contributed by atoms with Gasteiger partial charge in [-0.3, -0.25) is 0 Å². The number of aryl methyl sites for hydroxylation is 1. The molecule has 0 fully saturated rings. The highest BCUT2D eigenvalue weighted by molar-refractivity contribution is 5.24. The molecule has 0 saturated carbocycles. The monoisotopic (exact) mass is 290 g/mol. The van der Waals surface area contributed by atoms with Crippen molar-refractivity contribution in [2.75, 3.05) is 6.61 Å². The Labute approximate surface area is 117 Å². The zero-order valence-electron chi connectivity index (χ0n) is 12.0. The smallest absolute Gasteiger partial charge is 0.389 e. The van der Waals surface area contributed by atoms with Gasteiger partial charge in [-0.1, -0.05) is 13.8 Å². The fourth-order valence-electron chi connectivity index (χ4n) is 1.65. The average Bonchev–Trinajstić information content (AvgIpc) is 2.30. The van der Waals surface area contributed by atoms with Gasteiger partial charge in [0, 0.05) is 30.8 Å². The fourth-order valence-corrected chi connectivity index (χ4v) is 1.65. The number of nitrogens with zero attached hydrogens (tertiary/aromatic N) is 1. The molecule has 114 valence electrons. The van der Waals surface area contributed by atoms with Crippen molar-refractivity contribution in [2.45, 2.75) is 52.4 Å². The second-order valence-electron chi connectivity index (χ2n) is 5.06. The lowest BCUT2D eigenvalue weighted by Gasteiger charge is -2.11. The van der Waals surface area contributed by atoms with Crippen LogP contribution in [0.1, 0.15) is 37.9 Å². The van der Waals surface area contributed by atoms with Crippen LogP contribution in [0.25, 0.3) is 0 Å². The summed E-state index contributed by atoms with van der Waals surface area (Å²) in [7, 11) is 0. The van der Waals surface area contributed by atoms with Crippen LogP contribution in [0.2, 0.25) is 0 Å². The molecule has 1 heterocycles. The SMILES string of the molecule is Cc1cc(CNC(C)C)cc(OCCCC(F)(F)F)n1. The molecule has 0 saturated heterocycles. The number of hydrogen-bond acceptors (Lipinski definition) is 3. The van der Waals surface area contributed by atoms with Crippen molar-refractivity contribution in [3.05, 3.63) is 23.4 Å². The number of hydrogen-bond donors (Lipinski definition) is 1. The molecular formula is C14H21F3N2O. The van der Waals surface area contributed by atoms with E-state index in [-0.39, 0.29) is 13.0 Å². The van der Waals surface area contributed by atoms with E-state index in [0.29, 0.717) is 18.5 Å². The number of halogens is 3. The summed E-state index contributed by atoms with van der Waals surface area (Å²) in [5.74, 6) is 0.382. The van der Waals surface area contributed by atoms with Crippen molar-refractivity contribution in [3.8, 4) is 5.88 Å². The summed E-state index contributed by atoms with van der Waals surface area (Å²) in [4.78, 5) is 4.16. The molecule has 0 spiro atoms. The van der Waals surface area contributed by atoms with E-state index in [4.69, 9.17) is 4.74 Å². The number of aromatic nitrogens is 1. The zero-order valence-corrected chi connectivity index (χ0v) is 12.0. The molecule has 0 bridgehead atoms. The van der Waals surface area contributed by atoms with Gasteiger partial charge in [0.05, 0.1) is 6.61 Å². The quantitative estimate of drug-likeness (QED) is 0.779. The highest BCUT2D eigenvalue weighted by Crippen LogP contribution is 2.21. The maximum absolute atomic E-state index is 12.0. The van der Waals surface area contributed by atoms with E-state index in [1.54, 1.807) is 6.07 Å². The molecule has 1 aromatic heterocycles. The van der Waals surface area contributed by atoms with Crippen molar-refractivity contribution >= 4 is 0 Å². The first kappa shape index (κ1) is 16.8. The van der Waals surface area contributed by atoms with E-state index in [0.717, 1.165) is 11.3 Å². The molecule has 0 amide bonds. The number of alkyl halides is 3. The summed E-state index contributed by atoms with van der Waals surface area (Å²) in [5.41, 5.74) is 1.80. The van der Waals surface area contributed by atoms with Crippen LogP contribution in [0.5, 0.6) is 5.88 Å². The van der Waals surface area contributed by atoms with Crippen LogP contribution in [0.15, 0.2) is 12.1 Å². The van der Waals surface area contributed by atoms with Crippen molar-refractivity contribution in [2.24, 2.45) is 0 Å². The molecule has 0 unspecified atom stereocenters. The van der Waals surface area contributed by atoms with Crippen LogP contribution < -0.4 is 10.1 Å². The first-order valence-electron chi connectivity index (χ1n) is 6.67. The average molecular weight is 290 g/mol. The summed E-state index contributed by atoms with van der Waals surface area (Å²) in [6.07, 6.45) is -5.02. The van der Waals surface area contributed by atoms with Gasteiger partial charge in [0.25, 0.3) is 0 Å². The molecule has 0 aliphatic heterocycles. The maximum Gasteiger partial charge on any atom is 0.389 e. The Balaban J connectivity index is 2.49. The number of ether oxygens (including phenoxy) is 1. The summed E-state index contributed by atoms with van der Waals surface area (Å²) < 4.78 is 41.3. The molecule has 1 N–H and O–H groups in total. The normalized spacial score (nSPS) is 11.9. The Morgan fingerprint density at radius 1 is 1.30 bits per heavy atom. The summed E-state index contributed by atoms with van der Waals surface area (Å²) in [5, 5.41) is 3.27. The first-order valence-corrected chi connectivity index (χ1v) is 6.67. The molecule has 1 rings (SSSR count). The second-order valence-corrected chi connectivity index (χ2v) is 5.06. The van der Waals surface area contributed by atoms with Crippen LogP contribution in [-0.4, -0.2) is 23.8 Å². The van der Waals surface area contributed by atoms with Gasteiger partial charge < -0.3 is 10.1 Å². The molecule has 0 radical (unpaired) electrons. The van der Waals surface area contributed by atoms with Crippen LogP contribution >= 0.6 is 0 Å². The van der Waals surface area contributed by atoms with Crippen LogP contribution in [-0.2, 0) is 6.54 Å². The number of rotatable bonds is 7. The Morgan fingerprint density at radius 2 is 2.00 bits per heavy atom. The largest absolute Gasteiger partial charge is 0.478 e. The van der Waals surface area contributed by atoms with Gasteiger partial charge >= 0.3 is 6.18 Å². The first-order chi connectivity index (χ1) is 9.26. The summed E-state index contributed by atoms with van der Waals surface area (Å²) in [6, 6.07) is 4.05. The summed E-state index contributed by atoms with van der Waals surface area (Å²) >= 11 is 0. The third-order valence-corrected chi connectivity index (χ3v) is 2.56. The molecule has 20 heavy (non-hydrogen) atoms. The van der Waals surface area contributed by atoms with Crippen molar-refractivity contribution in [1.29, 1.82) is 0 Å². The van der Waals surface area contributed by atoms with Crippen LogP contribution in [0, 0.1) is 6.92 Å². The fraction of sp³-hybridized carbons (Fsp3) is 0.643. The predicted octanol–water partition coefficient (Wildman–Crippen LogP) is 3.61. The Kier molecular flexibility index (Phi) is 6.26. The Morgan fingerprint density at radius 3 is 2.60 bits per heavy atom. The van der Waals surface area contributed by atoms with Gasteiger partial charge in [-0.2, -0.15) is 13.2 Å². The van der Waals surface area contributed by atoms with Crippen molar-refractivity contribution < 1.29 is 17.9 Å². The molecular weight excluding hydrogens is 269 g/mol. The minimum absolute atomic E-state index is 0.0208. The van der Waals surface area contributed by atoms with E-state index < -0.39 is 12.6 Å². The number of pyridine rings is 1. The van der Waals surface area contributed by atoms with Gasteiger partial charge in [0.1, 0.15) is 0 Å². The van der Waals surface area contributed by atoms with E-state index >= 15 is 0 Å². The zero-order chi connectivity index (χ0) is 15.2. The minimum Gasteiger partial charge on any atom is -0.478 e. The van der Waals surface area contributed by atoms with E-state index in [2.05, 4.69) is 10.3 Å². The van der Waals surface area contributed by atoms with Crippen LogP contribution in [0.4, 0.5) is 13.2 Å². The third-order valence-electron chi connectivity index (χ3n) is 2.56. The lowest BCUT2D eigenvalue weighted by molar-refractivity contribution is -0.136. The highest BCUT2D eigenvalue weighted by Gasteiger charge is 2.26. The molecule has 0 aliphatic rings. The molecule has 1 aromatic rings. The Bertz CT molecular complexity index is 419. The third kappa shape index (κ3) is 7.33. The second kappa shape index (κ2) is 7.47. The van der Waals surface area contributed by atoms with E-state index in [1.807, 2.05) is 26.8 Å². The van der Waals surface area contributed by atoms with Gasteiger partial charge in [-0.05, 0) is 25.0 Å². The van der Waals surface area contributed by atoms with Crippen molar-refractivity contribution in [1.82, 2.24) is 10.3 Å². The maximum atomic E-state index is 12.0. The molecule has 0 aliphatic carbocycles. The standard InChI is InChI=1S/C14H21F3N2O/c1-10(2)18-9-12-7-11(3)19-13(8-12)20-6-4-5-14(15,16)17/h7-8,10,18H,4-6,9H2,1-3H3. The van der Waals surface area contributed by atoms with Crippen LogP contribution in [0.3, 0.4) is 0 Å². The van der Waals surface area contributed by atoms with Gasteiger partial charge in [0.2, 0.25) is 5.88 Å². The topological polar surface area (TPSA) is 34.1 Å². The number of nitrogens with one attached hydrogen (secondary N) is 1. The lowest BCUT2D eigenvalue weighted by Crippen LogP contribution is -2.22. The van der Waals surface area contributed by atoms with Gasteiger partial charge in [-0.15, -0.1) is 0 Å². The predicted molar refractivity (Wildman–Crippen MR) is 71.7 cm³/mol. The molecule has 0 atom stereocenters. The van der Waals surface area contributed by atoms with E-state index in [9.17, 15) is 13.2 Å². The molecule has 0 aromatic carbocycles. The summed E-state index contributed by atoms with van der Waals surface area (Å²) in [6.45, 7) is 6.62. The minimum atomic E-state index is -4.13. The van der Waals surface area contributed by atoms with Crippen molar-refractivity contribution in [3.63, 3.8) is 0 Å². The van der Waals surface area contributed by atoms with E-state index in [1.165, 1.54) is 0 Å². The molecule has 6 heteroatoms. The Hall–Kier alpha value is -1.30. The van der Waals surface area contributed by atoms with Gasteiger partial charge in [0.15, 0.2) is 0 Å².